The molecule has 0 N–H and O–H groups in total. The molecule has 15 heavy (non-hydrogen) atoms. The van der Waals surface area contributed by atoms with Gasteiger partial charge in [-0.2, -0.15) is 0 Å². The van der Waals surface area contributed by atoms with E-state index in [0.29, 0.717) is 6.42 Å². The SMILES string of the molecule is COC(=O)C#CCCc1ccc(C)cc1. The molecule has 0 saturated heterocycles. The van der Waals surface area contributed by atoms with Crippen LogP contribution < -0.4 is 0 Å². The number of ether oxygens (including phenoxy) is 1. The van der Waals surface area contributed by atoms with Crippen molar-refractivity contribution >= 4 is 5.97 Å². The Morgan fingerprint density at radius 2 is 2.00 bits per heavy atom. The van der Waals surface area contributed by atoms with Gasteiger partial charge in [-0.15, -0.1) is 0 Å². The Morgan fingerprint density at radius 3 is 2.60 bits per heavy atom. The molecule has 2 nitrogen and oxygen atoms in total. The van der Waals surface area contributed by atoms with Gasteiger partial charge in [-0.05, 0) is 18.9 Å². The zero-order valence-electron chi connectivity index (χ0n) is 9.04. The number of methoxy groups -OCH3 is 1. The van der Waals surface area contributed by atoms with Crippen molar-refractivity contribution in [2.24, 2.45) is 0 Å². The minimum atomic E-state index is -0.473. The van der Waals surface area contributed by atoms with Gasteiger partial charge in [0.1, 0.15) is 0 Å². The molecule has 0 saturated carbocycles. The molecule has 0 spiro atoms. The largest absolute Gasteiger partial charge is 0.459 e. The molecule has 0 fully saturated rings. The van der Waals surface area contributed by atoms with Gasteiger partial charge in [0.25, 0.3) is 0 Å². The Bertz CT molecular complexity index is 379. The highest BCUT2D eigenvalue weighted by Crippen LogP contribution is 2.04. The average molecular weight is 202 g/mol. The van der Waals surface area contributed by atoms with E-state index in [0.717, 1.165) is 6.42 Å². The van der Waals surface area contributed by atoms with E-state index in [2.05, 4.69) is 47.8 Å². The van der Waals surface area contributed by atoms with Gasteiger partial charge in [0.05, 0.1) is 7.11 Å². The van der Waals surface area contributed by atoms with Crippen LogP contribution in [0.15, 0.2) is 24.3 Å². The number of aryl methyl sites for hydroxylation is 2. The summed E-state index contributed by atoms with van der Waals surface area (Å²) in [6, 6.07) is 8.30. The lowest BCUT2D eigenvalue weighted by molar-refractivity contribution is -0.133. The van der Waals surface area contributed by atoms with E-state index >= 15 is 0 Å². The Hall–Kier alpha value is -1.75. The zero-order valence-corrected chi connectivity index (χ0v) is 9.04. The molecule has 0 bridgehead atoms. The molecular weight excluding hydrogens is 188 g/mol. The van der Waals surface area contributed by atoms with E-state index in [1.807, 2.05) is 0 Å². The molecule has 2 heteroatoms. The lowest BCUT2D eigenvalue weighted by atomic mass is 10.1. The molecule has 0 heterocycles. The number of hydrogen-bond acceptors (Lipinski definition) is 2. The first kappa shape index (κ1) is 11.3. The standard InChI is InChI=1S/C13H14O2/c1-11-7-9-12(10-8-11)5-3-4-6-13(14)15-2/h7-10H,3,5H2,1-2H3. The van der Waals surface area contributed by atoms with Gasteiger partial charge in [-0.25, -0.2) is 4.79 Å². The number of rotatable bonds is 2. The van der Waals surface area contributed by atoms with E-state index in [1.165, 1.54) is 18.2 Å². The number of benzene rings is 1. The molecule has 0 aliphatic carbocycles. The van der Waals surface area contributed by atoms with Crippen LogP contribution >= 0.6 is 0 Å². The minimum absolute atomic E-state index is 0.473. The van der Waals surface area contributed by atoms with Crippen LogP contribution in [0.25, 0.3) is 0 Å². The van der Waals surface area contributed by atoms with Crippen molar-refractivity contribution in [3.8, 4) is 11.8 Å². The second-order valence-electron chi connectivity index (χ2n) is 3.28. The number of hydrogen-bond donors (Lipinski definition) is 0. The fraction of sp³-hybridized carbons (Fsp3) is 0.308. The van der Waals surface area contributed by atoms with Crippen LogP contribution in [0.2, 0.25) is 0 Å². The molecule has 0 unspecified atom stereocenters. The summed E-state index contributed by atoms with van der Waals surface area (Å²) in [5.41, 5.74) is 2.49. The molecule has 0 aliphatic heterocycles. The topological polar surface area (TPSA) is 26.3 Å². The van der Waals surface area contributed by atoms with E-state index in [-0.39, 0.29) is 0 Å². The van der Waals surface area contributed by atoms with Crippen molar-refractivity contribution < 1.29 is 9.53 Å². The average Bonchev–Trinajstić information content (AvgIpc) is 2.26. The monoisotopic (exact) mass is 202 g/mol. The second-order valence-corrected chi connectivity index (χ2v) is 3.28. The van der Waals surface area contributed by atoms with Crippen LogP contribution in [0, 0.1) is 18.8 Å². The molecule has 0 radical (unpaired) electrons. The summed E-state index contributed by atoms with van der Waals surface area (Å²) >= 11 is 0. The smallest absolute Gasteiger partial charge is 0.384 e. The van der Waals surface area contributed by atoms with Gasteiger partial charge >= 0.3 is 5.97 Å². The van der Waals surface area contributed by atoms with Crippen molar-refractivity contribution in [1.29, 1.82) is 0 Å². The fourth-order valence-corrected chi connectivity index (χ4v) is 1.15. The fourth-order valence-electron chi connectivity index (χ4n) is 1.15. The Kier molecular flexibility index (Phi) is 4.43. The summed E-state index contributed by atoms with van der Waals surface area (Å²) in [6.45, 7) is 2.06. The third-order valence-electron chi connectivity index (χ3n) is 2.04. The van der Waals surface area contributed by atoms with E-state index < -0.39 is 5.97 Å². The lowest BCUT2D eigenvalue weighted by Crippen LogP contribution is -1.94. The maximum Gasteiger partial charge on any atom is 0.384 e. The summed E-state index contributed by atoms with van der Waals surface area (Å²) in [4.78, 5) is 10.7. The summed E-state index contributed by atoms with van der Waals surface area (Å²) in [5.74, 6) is 4.70. The van der Waals surface area contributed by atoms with E-state index in [4.69, 9.17) is 0 Å². The zero-order chi connectivity index (χ0) is 11.1. The lowest BCUT2D eigenvalue weighted by Gasteiger charge is -1.97. The number of carbonyl (C=O) groups excluding carboxylic acids is 1. The quantitative estimate of drug-likeness (QED) is 0.417. The van der Waals surface area contributed by atoms with Crippen LogP contribution in [-0.2, 0) is 16.0 Å². The van der Waals surface area contributed by atoms with Gasteiger partial charge in [-0.1, -0.05) is 35.7 Å². The van der Waals surface area contributed by atoms with Crippen molar-refractivity contribution in [3.63, 3.8) is 0 Å². The van der Waals surface area contributed by atoms with Gasteiger partial charge < -0.3 is 4.74 Å². The molecule has 0 amide bonds. The van der Waals surface area contributed by atoms with Gasteiger partial charge in [0, 0.05) is 12.3 Å². The van der Waals surface area contributed by atoms with Crippen LogP contribution in [0.4, 0.5) is 0 Å². The van der Waals surface area contributed by atoms with E-state index in [1.54, 1.807) is 0 Å². The summed E-state index contributed by atoms with van der Waals surface area (Å²) < 4.78 is 4.41. The third kappa shape index (κ3) is 4.33. The van der Waals surface area contributed by atoms with Crippen molar-refractivity contribution in [2.75, 3.05) is 7.11 Å². The molecule has 1 aromatic carbocycles. The molecular formula is C13H14O2. The molecule has 0 aliphatic rings. The Balaban J connectivity index is 2.40. The first-order valence-electron chi connectivity index (χ1n) is 4.84. The van der Waals surface area contributed by atoms with Crippen LogP contribution in [0.5, 0.6) is 0 Å². The Morgan fingerprint density at radius 1 is 1.33 bits per heavy atom. The van der Waals surface area contributed by atoms with Gasteiger partial charge in [0.2, 0.25) is 0 Å². The molecule has 78 valence electrons. The van der Waals surface area contributed by atoms with E-state index in [9.17, 15) is 4.79 Å². The first-order valence-corrected chi connectivity index (χ1v) is 4.84. The maximum atomic E-state index is 10.7. The van der Waals surface area contributed by atoms with Gasteiger partial charge in [0.15, 0.2) is 0 Å². The number of esters is 1. The summed E-state index contributed by atoms with van der Waals surface area (Å²) in [6.07, 6.45) is 1.54. The molecule has 0 atom stereocenters. The third-order valence-corrected chi connectivity index (χ3v) is 2.04. The van der Waals surface area contributed by atoms with Crippen LogP contribution in [0.3, 0.4) is 0 Å². The highest BCUT2D eigenvalue weighted by molar-refractivity contribution is 5.88. The van der Waals surface area contributed by atoms with Crippen LogP contribution in [0.1, 0.15) is 17.5 Å². The first-order chi connectivity index (χ1) is 7.22. The highest BCUT2D eigenvalue weighted by atomic mass is 16.5. The summed E-state index contributed by atoms with van der Waals surface area (Å²) in [7, 11) is 1.33. The molecule has 1 rings (SSSR count). The highest BCUT2D eigenvalue weighted by Gasteiger charge is 1.91. The Labute approximate surface area is 90.3 Å². The molecule has 1 aromatic rings. The predicted octanol–water partition coefficient (Wildman–Crippen LogP) is 2.10. The van der Waals surface area contributed by atoms with Crippen molar-refractivity contribution in [2.45, 2.75) is 19.8 Å². The minimum Gasteiger partial charge on any atom is -0.459 e. The van der Waals surface area contributed by atoms with Gasteiger partial charge in [-0.3, -0.25) is 0 Å². The van der Waals surface area contributed by atoms with Crippen LogP contribution in [-0.4, -0.2) is 13.1 Å². The predicted molar refractivity (Wildman–Crippen MR) is 59.3 cm³/mol. The summed E-state index contributed by atoms with van der Waals surface area (Å²) in [5, 5.41) is 0. The number of carbonyl (C=O) groups is 1. The second kappa shape index (κ2) is 5.87. The van der Waals surface area contributed by atoms with Crippen molar-refractivity contribution in [3.05, 3.63) is 35.4 Å². The molecule has 0 aromatic heterocycles. The normalized spacial score (nSPS) is 8.93. The maximum absolute atomic E-state index is 10.7. The van der Waals surface area contributed by atoms with Crippen molar-refractivity contribution in [1.82, 2.24) is 0 Å².